The zero-order valence-corrected chi connectivity index (χ0v) is 17.0. The fraction of sp³-hybridized carbons (Fsp3) is 0.417. The van der Waals surface area contributed by atoms with E-state index >= 15 is 0 Å². The van der Waals surface area contributed by atoms with Crippen molar-refractivity contribution in [3.63, 3.8) is 0 Å². The summed E-state index contributed by atoms with van der Waals surface area (Å²) in [7, 11) is 0. The molecule has 3 rings (SSSR count). The molecule has 0 amide bonds. The first-order chi connectivity index (χ1) is 14.5. The molecule has 160 valence electrons. The highest BCUT2D eigenvalue weighted by Gasteiger charge is 2.23. The third-order valence-corrected chi connectivity index (χ3v) is 5.50. The third-order valence-electron chi connectivity index (χ3n) is 5.50. The molecule has 6 heteroatoms. The van der Waals surface area contributed by atoms with Gasteiger partial charge in [0.05, 0.1) is 26.1 Å². The lowest BCUT2D eigenvalue weighted by atomic mass is 9.83. The van der Waals surface area contributed by atoms with Crippen molar-refractivity contribution in [3.8, 4) is 11.5 Å². The Bertz CT molecular complexity index is 748. The van der Waals surface area contributed by atoms with Gasteiger partial charge in [-0.3, -0.25) is 9.59 Å². The highest BCUT2D eigenvalue weighted by Crippen LogP contribution is 2.29. The Kier molecular flexibility index (Phi) is 7.71. The van der Waals surface area contributed by atoms with E-state index in [2.05, 4.69) is 0 Å². The summed E-state index contributed by atoms with van der Waals surface area (Å²) >= 11 is 0. The van der Waals surface area contributed by atoms with E-state index in [-0.39, 0.29) is 36.3 Å². The quantitative estimate of drug-likeness (QED) is 0.641. The molecule has 1 aliphatic carbocycles. The molecule has 0 spiro atoms. The molecular formula is C24H28O6. The molecule has 0 aromatic heterocycles. The normalized spacial score (nSPS) is 18.5. The third kappa shape index (κ3) is 7.10. The van der Waals surface area contributed by atoms with E-state index in [4.69, 9.17) is 9.47 Å². The Labute approximate surface area is 176 Å². The molecule has 0 heterocycles. The van der Waals surface area contributed by atoms with Gasteiger partial charge in [0.2, 0.25) is 0 Å². The lowest BCUT2D eigenvalue weighted by molar-refractivity contribution is -0.146. The predicted octanol–water partition coefficient (Wildman–Crippen LogP) is 3.78. The summed E-state index contributed by atoms with van der Waals surface area (Å²) < 4.78 is 10.8. The number of phenolic OH excluding ortho intramolecular Hbond substituents is 2. The van der Waals surface area contributed by atoms with Crippen LogP contribution >= 0.6 is 0 Å². The van der Waals surface area contributed by atoms with E-state index in [0.717, 1.165) is 36.8 Å². The van der Waals surface area contributed by atoms with Crippen molar-refractivity contribution >= 4 is 11.9 Å². The first kappa shape index (κ1) is 21.7. The van der Waals surface area contributed by atoms with Gasteiger partial charge in [-0.15, -0.1) is 0 Å². The largest absolute Gasteiger partial charge is 0.508 e. The highest BCUT2D eigenvalue weighted by atomic mass is 16.5. The van der Waals surface area contributed by atoms with Gasteiger partial charge in [-0.05, 0) is 72.9 Å². The number of hydrogen-bond donors (Lipinski definition) is 2. The van der Waals surface area contributed by atoms with Crippen molar-refractivity contribution < 1.29 is 29.3 Å². The number of hydrogen-bond acceptors (Lipinski definition) is 6. The van der Waals surface area contributed by atoms with Crippen molar-refractivity contribution in [3.05, 3.63) is 59.7 Å². The zero-order valence-electron chi connectivity index (χ0n) is 17.0. The standard InChI is InChI=1S/C24H28O6/c25-21-9-5-17(6-10-21)13-23(27)29-15-19-1-2-20(4-3-19)16-30-24(28)14-18-7-11-22(26)12-8-18/h5-12,19-20,25-26H,1-4,13-16H2. The van der Waals surface area contributed by atoms with Crippen molar-refractivity contribution in [1.82, 2.24) is 0 Å². The van der Waals surface area contributed by atoms with Gasteiger partial charge in [0, 0.05) is 0 Å². The van der Waals surface area contributed by atoms with Gasteiger partial charge in [-0.1, -0.05) is 24.3 Å². The second kappa shape index (κ2) is 10.7. The van der Waals surface area contributed by atoms with Crippen LogP contribution in [0.25, 0.3) is 0 Å². The van der Waals surface area contributed by atoms with Crippen LogP contribution in [0.2, 0.25) is 0 Å². The fourth-order valence-corrected chi connectivity index (χ4v) is 3.65. The van der Waals surface area contributed by atoms with E-state index < -0.39 is 0 Å². The maximum absolute atomic E-state index is 12.0. The first-order valence-corrected chi connectivity index (χ1v) is 10.3. The van der Waals surface area contributed by atoms with E-state index in [0.29, 0.717) is 25.0 Å². The number of esters is 2. The summed E-state index contributed by atoms with van der Waals surface area (Å²) in [6.45, 7) is 0.842. The van der Waals surface area contributed by atoms with Crippen LogP contribution < -0.4 is 0 Å². The number of benzene rings is 2. The summed E-state index contributed by atoms with van der Waals surface area (Å²) in [5, 5.41) is 18.6. The molecule has 0 saturated heterocycles. The van der Waals surface area contributed by atoms with Crippen molar-refractivity contribution in [2.24, 2.45) is 11.8 Å². The van der Waals surface area contributed by atoms with E-state index in [1.54, 1.807) is 48.5 Å². The second-order valence-electron chi connectivity index (χ2n) is 7.94. The van der Waals surface area contributed by atoms with Crippen molar-refractivity contribution in [2.75, 3.05) is 13.2 Å². The van der Waals surface area contributed by atoms with Crippen LogP contribution in [0.3, 0.4) is 0 Å². The number of aromatic hydroxyl groups is 2. The van der Waals surface area contributed by atoms with Crippen LogP contribution in [0.1, 0.15) is 36.8 Å². The Hall–Kier alpha value is -3.02. The van der Waals surface area contributed by atoms with Crippen LogP contribution in [0.15, 0.2) is 48.5 Å². The molecule has 30 heavy (non-hydrogen) atoms. The number of ether oxygens (including phenoxy) is 2. The highest BCUT2D eigenvalue weighted by molar-refractivity contribution is 5.73. The van der Waals surface area contributed by atoms with Crippen LogP contribution in [-0.2, 0) is 31.9 Å². The minimum Gasteiger partial charge on any atom is -0.508 e. The van der Waals surface area contributed by atoms with E-state index in [9.17, 15) is 19.8 Å². The van der Waals surface area contributed by atoms with Gasteiger partial charge in [0.15, 0.2) is 0 Å². The Morgan fingerprint density at radius 3 is 1.33 bits per heavy atom. The number of phenols is 2. The molecule has 1 saturated carbocycles. The molecule has 0 aliphatic heterocycles. The van der Waals surface area contributed by atoms with Gasteiger partial charge in [-0.25, -0.2) is 0 Å². The number of carbonyl (C=O) groups excluding carboxylic acids is 2. The summed E-state index contributed by atoms with van der Waals surface area (Å²) in [4.78, 5) is 24.0. The predicted molar refractivity (Wildman–Crippen MR) is 111 cm³/mol. The molecule has 0 unspecified atom stereocenters. The average Bonchev–Trinajstić information content (AvgIpc) is 2.75. The topological polar surface area (TPSA) is 93.1 Å². The number of rotatable bonds is 8. The minimum atomic E-state index is -0.258. The van der Waals surface area contributed by atoms with Gasteiger partial charge in [-0.2, -0.15) is 0 Å². The summed E-state index contributed by atoms with van der Waals surface area (Å²) in [5.41, 5.74) is 1.63. The average molecular weight is 412 g/mol. The second-order valence-corrected chi connectivity index (χ2v) is 7.94. The van der Waals surface area contributed by atoms with Gasteiger partial charge >= 0.3 is 11.9 Å². The first-order valence-electron chi connectivity index (χ1n) is 10.3. The molecule has 2 aromatic rings. The Morgan fingerprint density at radius 2 is 1.00 bits per heavy atom. The maximum atomic E-state index is 12.0. The SMILES string of the molecule is O=C(Cc1ccc(O)cc1)OCC1CCC(COC(=O)Cc2ccc(O)cc2)CC1. The Balaban J connectivity index is 1.29. The van der Waals surface area contributed by atoms with Crippen LogP contribution in [0.4, 0.5) is 0 Å². The summed E-state index contributed by atoms with van der Waals surface area (Å²) in [5.74, 6) is 0.525. The molecule has 0 atom stereocenters. The lowest BCUT2D eigenvalue weighted by Gasteiger charge is -2.27. The molecule has 0 radical (unpaired) electrons. The summed E-state index contributed by atoms with van der Waals surface area (Å²) in [6.07, 6.45) is 4.21. The zero-order chi connectivity index (χ0) is 21.3. The fourth-order valence-electron chi connectivity index (χ4n) is 3.65. The molecule has 2 N–H and O–H groups in total. The van der Waals surface area contributed by atoms with Crippen molar-refractivity contribution in [2.45, 2.75) is 38.5 Å². The van der Waals surface area contributed by atoms with Gasteiger partial charge < -0.3 is 19.7 Å². The summed E-state index contributed by atoms with van der Waals surface area (Å²) in [6, 6.07) is 13.1. The maximum Gasteiger partial charge on any atom is 0.310 e. The van der Waals surface area contributed by atoms with Crippen LogP contribution in [0, 0.1) is 11.8 Å². The lowest BCUT2D eigenvalue weighted by Crippen LogP contribution is -2.24. The van der Waals surface area contributed by atoms with Crippen LogP contribution in [0.5, 0.6) is 11.5 Å². The molecule has 6 nitrogen and oxygen atoms in total. The Morgan fingerprint density at radius 1 is 0.667 bits per heavy atom. The number of carbonyl (C=O) groups is 2. The molecular weight excluding hydrogens is 384 g/mol. The molecule has 2 aromatic carbocycles. The van der Waals surface area contributed by atoms with Gasteiger partial charge in [0.1, 0.15) is 11.5 Å². The molecule has 1 aliphatic rings. The monoisotopic (exact) mass is 412 g/mol. The van der Waals surface area contributed by atoms with Crippen molar-refractivity contribution in [1.29, 1.82) is 0 Å². The molecule has 1 fully saturated rings. The molecule has 0 bridgehead atoms. The van der Waals surface area contributed by atoms with Crippen LogP contribution in [-0.4, -0.2) is 35.4 Å². The van der Waals surface area contributed by atoms with E-state index in [1.165, 1.54) is 0 Å². The minimum absolute atomic E-state index is 0.176. The smallest absolute Gasteiger partial charge is 0.310 e. The van der Waals surface area contributed by atoms with E-state index in [1.807, 2.05) is 0 Å². The van der Waals surface area contributed by atoms with Gasteiger partial charge in [0.25, 0.3) is 0 Å².